The van der Waals surface area contributed by atoms with E-state index in [1.807, 2.05) is 0 Å². The third kappa shape index (κ3) is 2.88. The van der Waals surface area contributed by atoms with Crippen LogP contribution in [0.4, 0.5) is 8.78 Å². The van der Waals surface area contributed by atoms with Crippen molar-refractivity contribution in [2.75, 3.05) is 7.11 Å². The lowest BCUT2D eigenvalue weighted by Gasteiger charge is -2.10. The lowest BCUT2D eigenvalue weighted by Crippen LogP contribution is -1.98. The molecular weight excluding hydrogens is 316 g/mol. The quantitative estimate of drug-likeness (QED) is 0.692. The molecule has 0 aliphatic rings. The molecule has 0 N–H and O–H groups in total. The van der Waals surface area contributed by atoms with Crippen molar-refractivity contribution in [2.24, 2.45) is 7.05 Å². The molecule has 0 saturated heterocycles. The second-order valence-corrected chi connectivity index (χ2v) is 5.16. The number of hydrogen-bond donors (Lipinski definition) is 0. The van der Waals surface area contributed by atoms with Crippen LogP contribution in [0.5, 0.6) is 0 Å². The molecule has 0 bridgehead atoms. The number of pyridine rings is 2. The number of carbonyl (C=O) groups is 1. The second kappa shape index (κ2) is 6.19. The highest BCUT2D eigenvalue weighted by Crippen LogP contribution is 2.31. The normalized spacial score (nSPS) is 10.7. The minimum absolute atomic E-state index is 0.337. The molecule has 0 aliphatic heterocycles. The molecule has 3 aromatic rings. The SMILES string of the molecule is COC(=O)c1cc(-c2ncc(F)cc2-c2cncc(F)c2)n(C)c1. The van der Waals surface area contributed by atoms with Crippen molar-refractivity contribution in [1.82, 2.24) is 14.5 Å². The van der Waals surface area contributed by atoms with Gasteiger partial charge < -0.3 is 9.30 Å². The van der Waals surface area contributed by atoms with Gasteiger partial charge in [-0.25, -0.2) is 13.6 Å². The highest BCUT2D eigenvalue weighted by molar-refractivity contribution is 5.91. The predicted octanol–water partition coefficient (Wildman–Crippen LogP) is 3.21. The summed E-state index contributed by atoms with van der Waals surface area (Å²) in [5, 5.41) is 0. The molecule has 5 nitrogen and oxygen atoms in total. The van der Waals surface area contributed by atoms with Gasteiger partial charge in [0.25, 0.3) is 0 Å². The molecule has 0 saturated carbocycles. The average Bonchev–Trinajstić information content (AvgIpc) is 2.96. The van der Waals surface area contributed by atoms with E-state index in [0.717, 1.165) is 12.4 Å². The van der Waals surface area contributed by atoms with E-state index < -0.39 is 17.6 Å². The van der Waals surface area contributed by atoms with Crippen LogP contribution in [0.15, 0.2) is 43.0 Å². The van der Waals surface area contributed by atoms with Gasteiger partial charge in [-0.15, -0.1) is 0 Å². The lowest BCUT2D eigenvalue weighted by atomic mass is 10.0. The van der Waals surface area contributed by atoms with E-state index >= 15 is 0 Å². The van der Waals surface area contributed by atoms with Crippen LogP contribution in [0.2, 0.25) is 0 Å². The fourth-order valence-corrected chi connectivity index (χ4v) is 2.45. The third-order valence-electron chi connectivity index (χ3n) is 3.54. The van der Waals surface area contributed by atoms with E-state index in [9.17, 15) is 13.6 Å². The van der Waals surface area contributed by atoms with Crippen LogP contribution in [0, 0.1) is 11.6 Å². The molecule has 3 aromatic heterocycles. The van der Waals surface area contributed by atoms with Crippen LogP contribution in [0.1, 0.15) is 10.4 Å². The first kappa shape index (κ1) is 15.8. The summed E-state index contributed by atoms with van der Waals surface area (Å²) in [5.41, 5.74) is 2.07. The van der Waals surface area contributed by atoms with Gasteiger partial charge in [0, 0.05) is 30.6 Å². The summed E-state index contributed by atoms with van der Waals surface area (Å²) >= 11 is 0. The van der Waals surface area contributed by atoms with Gasteiger partial charge in [0.05, 0.1) is 36.5 Å². The van der Waals surface area contributed by atoms with E-state index in [1.54, 1.807) is 23.9 Å². The first-order chi connectivity index (χ1) is 11.5. The van der Waals surface area contributed by atoms with Crippen LogP contribution < -0.4 is 0 Å². The van der Waals surface area contributed by atoms with E-state index in [1.165, 1.54) is 25.4 Å². The van der Waals surface area contributed by atoms with Gasteiger partial charge in [-0.2, -0.15) is 0 Å². The fourth-order valence-electron chi connectivity index (χ4n) is 2.45. The number of aromatic nitrogens is 3. The smallest absolute Gasteiger partial charge is 0.339 e. The zero-order valence-corrected chi connectivity index (χ0v) is 13.0. The molecule has 0 aliphatic carbocycles. The van der Waals surface area contributed by atoms with Gasteiger partial charge in [-0.3, -0.25) is 9.97 Å². The van der Waals surface area contributed by atoms with Crippen LogP contribution in [0.3, 0.4) is 0 Å². The highest BCUT2D eigenvalue weighted by atomic mass is 19.1. The molecule has 7 heteroatoms. The topological polar surface area (TPSA) is 57.0 Å². The summed E-state index contributed by atoms with van der Waals surface area (Å²) in [4.78, 5) is 19.6. The van der Waals surface area contributed by atoms with Crippen molar-refractivity contribution in [1.29, 1.82) is 0 Å². The van der Waals surface area contributed by atoms with E-state index in [0.29, 0.717) is 28.1 Å². The van der Waals surface area contributed by atoms with Crippen molar-refractivity contribution in [2.45, 2.75) is 0 Å². The zero-order chi connectivity index (χ0) is 17.3. The Balaban J connectivity index is 2.19. The Morgan fingerprint density at radius 3 is 2.58 bits per heavy atom. The molecule has 0 unspecified atom stereocenters. The van der Waals surface area contributed by atoms with Gasteiger partial charge in [-0.1, -0.05) is 0 Å². The predicted molar refractivity (Wildman–Crippen MR) is 83.1 cm³/mol. The molecule has 0 amide bonds. The minimum atomic E-state index is -0.555. The standard InChI is InChI=1S/C17H13F2N3O2/c1-22-9-11(17(23)24-2)4-15(22)16-14(5-13(19)8-21-16)10-3-12(18)7-20-6-10/h3-9H,1-2H3. The number of carbonyl (C=O) groups excluding carboxylic acids is 1. The van der Waals surface area contributed by atoms with Crippen molar-refractivity contribution < 1.29 is 18.3 Å². The summed E-state index contributed by atoms with van der Waals surface area (Å²) in [6.07, 6.45) is 5.14. The molecule has 0 atom stereocenters. The lowest BCUT2D eigenvalue weighted by molar-refractivity contribution is 0.0600. The van der Waals surface area contributed by atoms with Gasteiger partial charge in [0.15, 0.2) is 0 Å². The first-order valence-electron chi connectivity index (χ1n) is 7.01. The number of halogens is 2. The Hall–Kier alpha value is -3.09. The molecule has 0 spiro atoms. The summed E-state index contributed by atoms with van der Waals surface area (Å²) in [7, 11) is 3.01. The summed E-state index contributed by atoms with van der Waals surface area (Å²) in [5.74, 6) is -1.59. The number of ether oxygens (including phenoxy) is 1. The second-order valence-electron chi connectivity index (χ2n) is 5.16. The van der Waals surface area contributed by atoms with E-state index in [4.69, 9.17) is 4.74 Å². The molecular formula is C17H13F2N3O2. The highest BCUT2D eigenvalue weighted by Gasteiger charge is 2.17. The summed E-state index contributed by atoms with van der Waals surface area (Å²) < 4.78 is 33.5. The van der Waals surface area contributed by atoms with Gasteiger partial charge in [-0.05, 0) is 18.2 Å². The largest absolute Gasteiger partial charge is 0.465 e. The molecule has 0 radical (unpaired) electrons. The maximum atomic E-state index is 13.7. The van der Waals surface area contributed by atoms with Gasteiger partial charge in [0.1, 0.15) is 11.6 Å². The molecule has 24 heavy (non-hydrogen) atoms. The third-order valence-corrected chi connectivity index (χ3v) is 3.54. The Morgan fingerprint density at radius 2 is 1.88 bits per heavy atom. The minimum Gasteiger partial charge on any atom is -0.465 e. The van der Waals surface area contributed by atoms with Crippen molar-refractivity contribution >= 4 is 5.97 Å². The monoisotopic (exact) mass is 329 g/mol. The molecule has 3 rings (SSSR count). The Kier molecular flexibility index (Phi) is 4.07. The van der Waals surface area contributed by atoms with Crippen LogP contribution in [-0.4, -0.2) is 27.6 Å². The average molecular weight is 329 g/mol. The summed E-state index contributed by atoms with van der Waals surface area (Å²) in [6, 6.07) is 4.09. The first-order valence-corrected chi connectivity index (χ1v) is 7.01. The number of rotatable bonds is 3. The van der Waals surface area contributed by atoms with Crippen LogP contribution in [0.25, 0.3) is 22.5 Å². The number of methoxy groups -OCH3 is 1. The maximum Gasteiger partial charge on any atom is 0.339 e. The Bertz CT molecular complexity index is 922. The Morgan fingerprint density at radius 1 is 1.12 bits per heavy atom. The van der Waals surface area contributed by atoms with Crippen LogP contribution in [-0.2, 0) is 11.8 Å². The van der Waals surface area contributed by atoms with Crippen molar-refractivity contribution in [3.05, 3.63) is 60.2 Å². The van der Waals surface area contributed by atoms with E-state index in [-0.39, 0.29) is 0 Å². The van der Waals surface area contributed by atoms with Crippen molar-refractivity contribution in [3.63, 3.8) is 0 Å². The molecule has 0 fully saturated rings. The fraction of sp³-hybridized carbons (Fsp3) is 0.118. The Labute approximate surface area is 136 Å². The number of esters is 1. The number of hydrogen-bond acceptors (Lipinski definition) is 4. The van der Waals surface area contributed by atoms with E-state index in [2.05, 4.69) is 9.97 Å². The molecule has 0 aromatic carbocycles. The molecule has 3 heterocycles. The summed E-state index contributed by atoms with van der Waals surface area (Å²) in [6.45, 7) is 0. The maximum absolute atomic E-state index is 13.7. The van der Waals surface area contributed by atoms with Gasteiger partial charge in [0.2, 0.25) is 0 Å². The zero-order valence-electron chi connectivity index (χ0n) is 13.0. The number of aryl methyl sites for hydroxylation is 1. The molecule has 122 valence electrons. The van der Waals surface area contributed by atoms with Crippen LogP contribution >= 0.6 is 0 Å². The van der Waals surface area contributed by atoms with Gasteiger partial charge >= 0.3 is 5.97 Å². The van der Waals surface area contributed by atoms with Crippen molar-refractivity contribution in [3.8, 4) is 22.5 Å². The number of nitrogens with zero attached hydrogens (tertiary/aromatic N) is 3.